The van der Waals surface area contributed by atoms with Crippen LogP contribution in [0, 0.1) is 0 Å². The Morgan fingerprint density at radius 2 is 1.28 bits per heavy atom. The number of hydrogen-bond donors (Lipinski definition) is 1. The number of benzene rings is 4. The zero-order valence-corrected chi connectivity index (χ0v) is 15.8. The van der Waals surface area contributed by atoms with E-state index in [1.54, 1.807) is 36.4 Å². The zero-order chi connectivity index (χ0) is 19.8. The van der Waals surface area contributed by atoms with Crippen LogP contribution in [-0.4, -0.2) is 11.7 Å². The highest BCUT2D eigenvalue weighted by molar-refractivity contribution is 6.12. The monoisotopic (exact) mass is 377 g/mol. The molecule has 0 saturated heterocycles. The molecule has 0 bridgehead atoms. The van der Waals surface area contributed by atoms with Gasteiger partial charge in [-0.3, -0.25) is 9.59 Å². The number of rotatable bonds is 4. The number of hydrogen-bond acceptors (Lipinski definition) is 2. The van der Waals surface area contributed by atoms with Gasteiger partial charge in [0.25, 0.3) is 5.91 Å². The average molecular weight is 377 g/mol. The van der Waals surface area contributed by atoms with Crippen molar-refractivity contribution in [3.63, 3.8) is 0 Å². The largest absolute Gasteiger partial charge is 0.321 e. The normalized spacial score (nSPS) is 12.1. The molecule has 0 spiro atoms. The van der Waals surface area contributed by atoms with Gasteiger partial charge in [-0.25, -0.2) is 0 Å². The molecule has 4 aromatic carbocycles. The minimum absolute atomic E-state index is 0.0509. The lowest BCUT2D eigenvalue weighted by Crippen LogP contribution is -2.12. The number of aryl methyl sites for hydroxylation is 2. The van der Waals surface area contributed by atoms with Crippen LogP contribution in [0.4, 0.5) is 5.69 Å². The van der Waals surface area contributed by atoms with Crippen molar-refractivity contribution in [3.8, 4) is 0 Å². The van der Waals surface area contributed by atoms with Crippen LogP contribution in [0.3, 0.4) is 0 Å². The second-order valence-corrected chi connectivity index (χ2v) is 7.34. The van der Waals surface area contributed by atoms with Gasteiger partial charge in [0.2, 0.25) is 0 Å². The molecule has 1 amide bonds. The summed E-state index contributed by atoms with van der Waals surface area (Å²) >= 11 is 0. The third-order valence-corrected chi connectivity index (χ3v) is 5.57. The first kappa shape index (κ1) is 17.4. The summed E-state index contributed by atoms with van der Waals surface area (Å²) in [7, 11) is 0. The molecule has 29 heavy (non-hydrogen) atoms. The predicted molar refractivity (Wildman–Crippen MR) is 116 cm³/mol. The third kappa shape index (κ3) is 3.11. The first-order valence-electron chi connectivity index (χ1n) is 9.75. The average Bonchev–Trinajstić information content (AvgIpc) is 3.20. The summed E-state index contributed by atoms with van der Waals surface area (Å²) in [5.74, 6) is -0.229. The van der Waals surface area contributed by atoms with E-state index >= 15 is 0 Å². The van der Waals surface area contributed by atoms with E-state index in [1.807, 2.05) is 30.3 Å². The smallest absolute Gasteiger partial charge is 0.255 e. The summed E-state index contributed by atoms with van der Waals surface area (Å²) in [4.78, 5) is 25.3. The van der Waals surface area contributed by atoms with E-state index in [0.717, 1.165) is 23.9 Å². The number of nitrogens with one attached hydrogen (secondary N) is 1. The Morgan fingerprint density at radius 3 is 2.03 bits per heavy atom. The van der Waals surface area contributed by atoms with Gasteiger partial charge >= 0.3 is 0 Å². The second kappa shape index (κ2) is 7.02. The Morgan fingerprint density at radius 1 is 0.621 bits per heavy atom. The zero-order valence-electron chi connectivity index (χ0n) is 15.8. The van der Waals surface area contributed by atoms with Crippen molar-refractivity contribution in [2.75, 3.05) is 5.32 Å². The van der Waals surface area contributed by atoms with E-state index in [9.17, 15) is 9.59 Å². The van der Waals surface area contributed by atoms with Crippen LogP contribution in [0.25, 0.3) is 10.8 Å². The van der Waals surface area contributed by atoms with Gasteiger partial charge in [0.05, 0.1) is 0 Å². The molecule has 0 saturated carbocycles. The lowest BCUT2D eigenvalue weighted by atomic mass is 10.0. The van der Waals surface area contributed by atoms with Crippen molar-refractivity contribution in [2.45, 2.75) is 12.8 Å². The van der Waals surface area contributed by atoms with Gasteiger partial charge in [-0.1, -0.05) is 66.7 Å². The standard InChI is InChI=1S/C26H19NO2/c28-25(19-5-2-1-3-6-19)20-11-13-21(14-12-20)26(29)27-23-16-15-18-10-9-17-7-4-8-22(23)24(17)18/h1-8,11-16H,9-10H2,(H,27,29). The summed E-state index contributed by atoms with van der Waals surface area (Å²) in [5.41, 5.74) is 5.24. The molecule has 3 heteroatoms. The van der Waals surface area contributed by atoms with Crippen molar-refractivity contribution >= 4 is 28.2 Å². The molecule has 3 nitrogen and oxygen atoms in total. The quantitative estimate of drug-likeness (QED) is 0.483. The molecule has 5 rings (SSSR count). The summed E-state index contributed by atoms with van der Waals surface area (Å²) < 4.78 is 0. The second-order valence-electron chi connectivity index (χ2n) is 7.34. The molecule has 0 radical (unpaired) electrons. The molecule has 4 aromatic rings. The predicted octanol–water partition coefficient (Wildman–Crippen LogP) is 5.42. The number of carbonyl (C=O) groups excluding carboxylic acids is 2. The number of ketones is 1. The van der Waals surface area contributed by atoms with Gasteiger partial charge in [0.1, 0.15) is 0 Å². The number of amides is 1. The lowest BCUT2D eigenvalue weighted by molar-refractivity contribution is 0.102. The third-order valence-electron chi connectivity index (χ3n) is 5.57. The summed E-state index contributed by atoms with van der Waals surface area (Å²) in [6.07, 6.45) is 2.11. The number of anilines is 1. The molecule has 0 heterocycles. The highest BCUT2D eigenvalue weighted by Gasteiger charge is 2.17. The van der Waals surface area contributed by atoms with Crippen LogP contribution in [0.2, 0.25) is 0 Å². The first-order valence-corrected chi connectivity index (χ1v) is 9.75. The SMILES string of the molecule is O=C(Nc1ccc2c3c(cccc13)CC2)c1ccc(C(=O)c2ccccc2)cc1. The van der Waals surface area contributed by atoms with Gasteiger partial charge in [0, 0.05) is 27.8 Å². The van der Waals surface area contributed by atoms with Crippen LogP contribution in [0.1, 0.15) is 37.4 Å². The van der Waals surface area contributed by atoms with Gasteiger partial charge in [-0.05, 0) is 47.6 Å². The Labute approximate surface area is 169 Å². The van der Waals surface area contributed by atoms with E-state index in [-0.39, 0.29) is 11.7 Å². The fraction of sp³-hybridized carbons (Fsp3) is 0.0769. The van der Waals surface area contributed by atoms with Crippen LogP contribution in [0.5, 0.6) is 0 Å². The van der Waals surface area contributed by atoms with E-state index in [1.165, 1.54) is 16.5 Å². The molecule has 140 valence electrons. The van der Waals surface area contributed by atoms with E-state index in [2.05, 4.69) is 23.5 Å². The van der Waals surface area contributed by atoms with Crippen molar-refractivity contribution in [1.29, 1.82) is 0 Å². The minimum atomic E-state index is -0.178. The molecule has 1 N–H and O–H groups in total. The Balaban J connectivity index is 1.40. The molecule has 0 unspecified atom stereocenters. The van der Waals surface area contributed by atoms with Crippen LogP contribution in [-0.2, 0) is 12.8 Å². The fourth-order valence-electron chi connectivity index (χ4n) is 4.08. The molecule has 1 aliphatic carbocycles. The fourth-order valence-corrected chi connectivity index (χ4v) is 4.08. The maximum atomic E-state index is 12.8. The van der Waals surface area contributed by atoms with Gasteiger partial charge in [0.15, 0.2) is 5.78 Å². The van der Waals surface area contributed by atoms with Crippen molar-refractivity contribution in [1.82, 2.24) is 0 Å². The van der Waals surface area contributed by atoms with Crippen molar-refractivity contribution in [2.24, 2.45) is 0 Å². The Kier molecular flexibility index (Phi) is 4.21. The highest BCUT2D eigenvalue weighted by atomic mass is 16.1. The summed E-state index contributed by atoms with van der Waals surface area (Å²) in [5, 5.41) is 5.40. The van der Waals surface area contributed by atoms with Gasteiger partial charge in [-0.15, -0.1) is 0 Å². The maximum Gasteiger partial charge on any atom is 0.255 e. The van der Waals surface area contributed by atoms with Gasteiger partial charge in [-0.2, -0.15) is 0 Å². The lowest BCUT2D eigenvalue weighted by Gasteiger charge is -2.11. The molecule has 0 aromatic heterocycles. The van der Waals surface area contributed by atoms with Crippen LogP contribution >= 0.6 is 0 Å². The molecule has 1 aliphatic rings. The molecular weight excluding hydrogens is 358 g/mol. The topological polar surface area (TPSA) is 46.2 Å². The molecular formula is C26H19NO2. The van der Waals surface area contributed by atoms with E-state index in [4.69, 9.17) is 0 Å². The summed E-state index contributed by atoms with van der Waals surface area (Å²) in [6, 6.07) is 26.3. The Hall–Kier alpha value is -3.72. The molecule has 0 aliphatic heterocycles. The van der Waals surface area contributed by atoms with Gasteiger partial charge < -0.3 is 5.32 Å². The highest BCUT2D eigenvalue weighted by Crippen LogP contribution is 2.35. The summed E-state index contributed by atoms with van der Waals surface area (Å²) in [6.45, 7) is 0. The Bertz CT molecular complexity index is 1230. The number of carbonyl (C=O) groups is 2. The van der Waals surface area contributed by atoms with Crippen molar-refractivity contribution < 1.29 is 9.59 Å². The first-order chi connectivity index (χ1) is 14.2. The van der Waals surface area contributed by atoms with E-state index < -0.39 is 0 Å². The minimum Gasteiger partial charge on any atom is -0.321 e. The molecule has 0 atom stereocenters. The van der Waals surface area contributed by atoms with E-state index in [0.29, 0.717) is 16.7 Å². The van der Waals surface area contributed by atoms with Crippen LogP contribution < -0.4 is 5.32 Å². The van der Waals surface area contributed by atoms with Crippen LogP contribution in [0.15, 0.2) is 84.9 Å². The maximum absolute atomic E-state index is 12.8. The van der Waals surface area contributed by atoms with Crippen molar-refractivity contribution in [3.05, 3.63) is 113 Å². The molecule has 0 fully saturated rings.